The first-order chi connectivity index (χ1) is 14.0. The van der Waals surface area contributed by atoms with E-state index in [0.29, 0.717) is 43.7 Å². The molecule has 0 radical (unpaired) electrons. The summed E-state index contributed by atoms with van der Waals surface area (Å²) in [6.45, 7) is 11.8. The number of β-amino-alcohol motifs (C(OH)–C–C–N with tert-alkyl or cyclic N) is 1. The molecule has 1 fully saturated rings. The van der Waals surface area contributed by atoms with E-state index in [-0.39, 0.29) is 24.0 Å². The second-order valence-corrected chi connectivity index (χ2v) is 7.35. The van der Waals surface area contributed by atoms with Crippen molar-refractivity contribution in [2.75, 3.05) is 59.7 Å². The molecule has 8 nitrogen and oxygen atoms in total. The van der Waals surface area contributed by atoms with Crippen LogP contribution in [-0.4, -0.2) is 81.2 Å². The first kappa shape index (κ1) is 26.7. The van der Waals surface area contributed by atoms with E-state index < -0.39 is 5.60 Å². The molecule has 0 aliphatic carbocycles. The highest BCUT2D eigenvalue weighted by Crippen LogP contribution is 2.28. The molecule has 1 aromatic rings. The van der Waals surface area contributed by atoms with Gasteiger partial charge in [0.2, 0.25) is 0 Å². The number of aliphatic imine (C=N–C) groups is 1. The summed E-state index contributed by atoms with van der Waals surface area (Å²) in [6, 6.07) is 5.82. The van der Waals surface area contributed by atoms with Crippen LogP contribution >= 0.6 is 24.0 Å². The fraction of sp³-hybridized carbons (Fsp3) is 0.667. The number of halogens is 1. The van der Waals surface area contributed by atoms with Gasteiger partial charge in [0.25, 0.3) is 0 Å². The highest BCUT2D eigenvalue weighted by atomic mass is 127. The van der Waals surface area contributed by atoms with Crippen molar-refractivity contribution in [3.8, 4) is 11.5 Å². The van der Waals surface area contributed by atoms with Gasteiger partial charge in [-0.1, -0.05) is 6.07 Å². The summed E-state index contributed by atoms with van der Waals surface area (Å²) in [5, 5.41) is 17.3. The van der Waals surface area contributed by atoms with E-state index in [1.165, 1.54) is 0 Å². The Hall–Kier alpha value is -1.30. The molecule has 1 aliphatic heterocycles. The van der Waals surface area contributed by atoms with Crippen LogP contribution in [0, 0.1) is 0 Å². The van der Waals surface area contributed by atoms with E-state index in [0.717, 1.165) is 38.4 Å². The van der Waals surface area contributed by atoms with Crippen LogP contribution in [0.4, 0.5) is 0 Å². The van der Waals surface area contributed by atoms with E-state index in [2.05, 4.69) is 20.5 Å². The Bertz CT molecular complexity index is 652. The minimum Gasteiger partial charge on any atom is -0.493 e. The summed E-state index contributed by atoms with van der Waals surface area (Å²) in [7, 11) is 1.63. The predicted octanol–water partition coefficient (Wildman–Crippen LogP) is 1.85. The monoisotopic (exact) mass is 536 g/mol. The third-order valence-corrected chi connectivity index (χ3v) is 4.60. The number of aliphatic hydroxyl groups is 1. The minimum absolute atomic E-state index is 0. The van der Waals surface area contributed by atoms with Crippen molar-refractivity contribution in [1.82, 2.24) is 15.5 Å². The first-order valence-corrected chi connectivity index (χ1v) is 10.3. The lowest BCUT2D eigenvalue weighted by Crippen LogP contribution is -2.52. The number of methoxy groups -OCH3 is 1. The minimum atomic E-state index is -0.865. The van der Waals surface area contributed by atoms with Crippen molar-refractivity contribution in [3.05, 3.63) is 23.8 Å². The van der Waals surface area contributed by atoms with E-state index in [1.807, 2.05) is 39.0 Å². The molecule has 0 saturated carbocycles. The van der Waals surface area contributed by atoms with Gasteiger partial charge in [0.15, 0.2) is 17.5 Å². The smallest absolute Gasteiger partial charge is 0.191 e. The summed E-state index contributed by atoms with van der Waals surface area (Å²) >= 11 is 0. The SMILES string of the molecule is CCNC(=NCc1ccc(OC)c(OCC)c1)NCC(C)(O)CN1CCOCC1.I. The molecule has 172 valence electrons. The summed E-state index contributed by atoms with van der Waals surface area (Å²) in [5.41, 5.74) is 0.155. The van der Waals surface area contributed by atoms with Gasteiger partial charge in [-0.3, -0.25) is 4.90 Å². The molecule has 1 saturated heterocycles. The van der Waals surface area contributed by atoms with Crippen LogP contribution in [0.1, 0.15) is 26.3 Å². The Morgan fingerprint density at radius 2 is 1.97 bits per heavy atom. The zero-order valence-electron chi connectivity index (χ0n) is 18.6. The number of ether oxygens (including phenoxy) is 3. The fourth-order valence-electron chi connectivity index (χ4n) is 3.17. The quantitative estimate of drug-likeness (QED) is 0.239. The maximum atomic E-state index is 10.8. The van der Waals surface area contributed by atoms with Gasteiger partial charge in [-0.15, -0.1) is 24.0 Å². The van der Waals surface area contributed by atoms with Crippen molar-refractivity contribution in [2.24, 2.45) is 4.99 Å². The van der Waals surface area contributed by atoms with Crippen LogP contribution in [0.3, 0.4) is 0 Å². The molecule has 0 bridgehead atoms. The van der Waals surface area contributed by atoms with Gasteiger partial charge in [0.05, 0.1) is 39.1 Å². The van der Waals surface area contributed by atoms with Crippen LogP contribution in [0.2, 0.25) is 0 Å². The lowest BCUT2D eigenvalue weighted by Gasteiger charge is -2.34. The topological polar surface area (TPSA) is 87.6 Å². The zero-order valence-corrected chi connectivity index (χ0v) is 20.9. The van der Waals surface area contributed by atoms with Gasteiger partial charge >= 0.3 is 0 Å². The van der Waals surface area contributed by atoms with Crippen molar-refractivity contribution >= 4 is 29.9 Å². The Kier molecular flexibility index (Phi) is 12.4. The largest absolute Gasteiger partial charge is 0.493 e. The van der Waals surface area contributed by atoms with Gasteiger partial charge in [-0.05, 0) is 38.5 Å². The molecule has 1 heterocycles. The predicted molar refractivity (Wildman–Crippen MR) is 130 cm³/mol. The second-order valence-electron chi connectivity index (χ2n) is 7.35. The Balaban J connectivity index is 0.00000450. The Morgan fingerprint density at radius 3 is 2.60 bits per heavy atom. The first-order valence-electron chi connectivity index (χ1n) is 10.3. The van der Waals surface area contributed by atoms with Gasteiger partial charge in [0.1, 0.15) is 0 Å². The van der Waals surface area contributed by atoms with E-state index in [9.17, 15) is 5.11 Å². The molecule has 0 amide bonds. The van der Waals surface area contributed by atoms with Gasteiger partial charge in [0, 0.05) is 32.7 Å². The highest BCUT2D eigenvalue weighted by molar-refractivity contribution is 14.0. The number of morpholine rings is 1. The maximum absolute atomic E-state index is 10.8. The molecule has 30 heavy (non-hydrogen) atoms. The molecule has 0 spiro atoms. The highest BCUT2D eigenvalue weighted by Gasteiger charge is 2.25. The maximum Gasteiger partial charge on any atom is 0.191 e. The molecular formula is C21H37IN4O4. The number of rotatable bonds is 10. The number of guanidine groups is 1. The lowest BCUT2D eigenvalue weighted by atomic mass is 10.1. The van der Waals surface area contributed by atoms with Crippen molar-refractivity contribution < 1.29 is 19.3 Å². The number of hydrogen-bond acceptors (Lipinski definition) is 6. The third-order valence-electron chi connectivity index (χ3n) is 4.60. The summed E-state index contributed by atoms with van der Waals surface area (Å²) in [5.74, 6) is 2.10. The van der Waals surface area contributed by atoms with E-state index >= 15 is 0 Å². The average Bonchev–Trinajstić information content (AvgIpc) is 2.71. The van der Waals surface area contributed by atoms with Gasteiger partial charge < -0.3 is 30.0 Å². The van der Waals surface area contributed by atoms with Crippen LogP contribution < -0.4 is 20.1 Å². The number of nitrogens with zero attached hydrogens (tertiary/aromatic N) is 2. The fourth-order valence-corrected chi connectivity index (χ4v) is 3.17. The lowest BCUT2D eigenvalue weighted by molar-refractivity contribution is -0.0201. The normalized spacial score (nSPS) is 16.9. The average molecular weight is 536 g/mol. The second kappa shape index (κ2) is 13.9. The number of hydrogen-bond donors (Lipinski definition) is 3. The van der Waals surface area contributed by atoms with Crippen LogP contribution in [0.15, 0.2) is 23.2 Å². The molecule has 2 rings (SSSR count). The summed E-state index contributed by atoms with van der Waals surface area (Å²) in [4.78, 5) is 6.87. The zero-order chi connectivity index (χ0) is 21.1. The Labute approximate surface area is 197 Å². The van der Waals surface area contributed by atoms with Crippen LogP contribution in [0.25, 0.3) is 0 Å². The number of nitrogens with one attached hydrogen (secondary N) is 2. The molecule has 1 aliphatic rings. The molecule has 0 aromatic heterocycles. The van der Waals surface area contributed by atoms with Crippen molar-refractivity contribution in [3.63, 3.8) is 0 Å². The van der Waals surface area contributed by atoms with Crippen LogP contribution in [-0.2, 0) is 11.3 Å². The van der Waals surface area contributed by atoms with Crippen molar-refractivity contribution in [1.29, 1.82) is 0 Å². The molecule has 1 unspecified atom stereocenters. The van der Waals surface area contributed by atoms with E-state index in [4.69, 9.17) is 14.2 Å². The summed E-state index contributed by atoms with van der Waals surface area (Å²) < 4.78 is 16.3. The van der Waals surface area contributed by atoms with Gasteiger partial charge in [-0.25, -0.2) is 4.99 Å². The molecule has 1 atom stereocenters. The standard InChI is InChI=1S/C21H36N4O4.HI/c1-5-22-20(24-15-21(3,26)16-25-9-11-28-12-10-25)23-14-17-7-8-18(27-4)19(13-17)29-6-2;/h7-8,13,26H,5-6,9-12,14-16H2,1-4H3,(H2,22,23,24);1H. The van der Waals surface area contributed by atoms with Gasteiger partial charge in [-0.2, -0.15) is 0 Å². The van der Waals surface area contributed by atoms with Crippen LogP contribution in [0.5, 0.6) is 11.5 Å². The Morgan fingerprint density at radius 1 is 1.23 bits per heavy atom. The third kappa shape index (κ3) is 9.23. The molecule has 3 N–H and O–H groups in total. The van der Waals surface area contributed by atoms with E-state index in [1.54, 1.807) is 7.11 Å². The molecule has 9 heteroatoms. The van der Waals surface area contributed by atoms with Crippen molar-refractivity contribution in [2.45, 2.75) is 32.9 Å². The summed E-state index contributed by atoms with van der Waals surface area (Å²) in [6.07, 6.45) is 0. The molecule has 1 aromatic carbocycles. The number of benzene rings is 1. The molecular weight excluding hydrogens is 499 g/mol.